The molecule has 140 valence electrons. The SMILES string of the molecule is O=C(CCn1nc(-c2cccs2)oc1=O)N1CCN(c2cnccn2)CC1. The summed E-state index contributed by atoms with van der Waals surface area (Å²) < 4.78 is 6.37. The molecule has 3 aromatic heterocycles. The van der Waals surface area contributed by atoms with Crippen LogP contribution in [0.15, 0.2) is 45.3 Å². The van der Waals surface area contributed by atoms with E-state index < -0.39 is 5.76 Å². The summed E-state index contributed by atoms with van der Waals surface area (Å²) in [6.45, 7) is 2.85. The maximum absolute atomic E-state index is 12.5. The molecule has 0 bridgehead atoms. The molecule has 0 aliphatic carbocycles. The zero-order valence-electron chi connectivity index (χ0n) is 14.5. The fourth-order valence-electron chi connectivity index (χ4n) is 2.95. The topological polar surface area (TPSA) is 97.4 Å². The number of aromatic nitrogens is 4. The lowest BCUT2D eigenvalue weighted by molar-refractivity contribution is -0.131. The minimum absolute atomic E-state index is 0.00127. The summed E-state index contributed by atoms with van der Waals surface area (Å²) >= 11 is 1.45. The Balaban J connectivity index is 1.31. The van der Waals surface area contributed by atoms with Gasteiger partial charge in [0.05, 0.1) is 17.6 Å². The van der Waals surface area contributed by atoms with Crippen molar-refractivity contribution in [2.45, 2.75) is 13.0 Å². The average molecular weight is 386 g/mol. The summed E-state index contributed by atoms with van der Waals surface area (Å²) in [6.07, 6.45) is 5.23. The van der Waals surface area contributed by atoms with Gasteiger partial charge in [0.1, 0.15) is 5.82 Å². The molecule has 27 heavy (non-hydrogen) atoms. The molecule has 9 nitrogen and oxygen atoms in total. The number of nitrogens with zero attached hydrogens (tertiary/aromatic N) is 6. The van der Waals surface area contributed by atoms with Crippen LogP contribution < -0.4 is 10.7 Å². The van der Waals surface area contributed by atoms with Crippen molar-refractivity contribution in [1.29, 1.82) is 0 Å². The molecule has 0 atom stereocenters. The van der Waals surface area contributed by atoms with Crippen molar-refractivity contribution in [2.75, 3.05) is 31.1 Å². The fourth-order valence-corrected chi connectivity index (χ4v) is 3.59. The van der Waals surface area contributed by atoms with Crippen LogP contribution in [0.2, 0.25) is 0 Å². The van der Waals surface area contributed by atoms with Gasteiger partial charge in [-0.2, -0.15) is 4.68 Å². The van der Waals surface area contributed by atoms with Crippen molar-refractivity contribution in [2.24, 2.45) is 0 Å². The molecule has 1 fully saturated rings. The first-order valence-electron chi connectivity index (χ1n) is 8.61. The normalized spacial score (nSPS) is 14.5. The highest BCUT2D eigenvalue weighted by atomic mass is 32.1. The van der Waals surface area contributed by atoms with Crippen LogP contribution in [-0.2, 0) is 11.3 Å². The molecule has 0 unspecified atom stereocenters. The number of thiophene rings is 1. The van der Waals surface area contributed by atoms with Gasteiger partial charge in [-0.25, -0.2) is 9.78 Å². The van der Waals surface area contributed by atoms with Gasteiger partial charge < -0.3 is 14.2 Å². The average Bonchev–Trinajstić information content (AvgIpc) is 3.37. The van der Waals surface area contributed by atoms with Gasteiger partial charge in [-0.15, -0.1) is 16.4 Å². The zero-order valence-corrected chi connectivity index (χ0v) is 15.3. The van der Waals surface area contributed by atoms with E-state index in [1.165, 1.54) is 16.0 Å². The molecular formula is C17H18N6O3S. The Kier molecular flexibility index (Phi) is 4.97. The minimum atomic E-state index is -0.543. The van der Waals surface area contributed by atoms with Crippen LogP contribution >= 0.6 is 11.3 Å². The number of rotatable bonds is 5. The summed E-state index contributed by atoms with van der Waals surface area (Å²) in [5.74, 6) is 0.569. The van der Waals surface area contributed by atoms with Crippen LogP contribution in [0, 0.1) is 0 Å². The van der Waals surface area contributed by atoms with Gasteiger partial charge in [-0.05, 0) is 11.4 Å². The first kappa shape index (κ1) is 17.4. The summed E-state index contributed by atoms with van der Waals surface area (Å²) in [5, 5.41) is 6.06. The number of amides is 1. The molecule has 0 spiro atoms. The van der Waals surface area contributed by atoms with Crippen LogP contribution in [0.4, 0.5) is 5.82 Å². The third-order valence-electron chi connectivity index (χ3n) is 4.38. The molecule has 0 aromatic carbocycles. The first-order valence-corrected chi connectivity index (χ1v) is 9.49. The molecule has 10 heteroatoms. The summed E-state index contributed by atoms with van der Waals surface area (Å²) in [6, 6.07) is 3.70. The molecule has 1 aliphatic rings. The standard InChI is InChI=1S/C17H18N6O3S/c24-15(22-9-7-21(8-10-22)14-12-18-4-5-19-14)3-6-23-17(25)26-16(20-23)13-2-1-11-27-13/h1-2,4-5,11-12H,3,6-10H2. The lowest BCUT2D eigenvalue weighted by Gasteiger charge is -2.35. The van der Waals surface area contributed by atoms with Gasteiger partial charge in [0.25, 0.3) is 5.89 Å². The van der Waals surface area contributed by atoms with E-state index in [1.54, 1.807) is 23.5 Å². The quantitative estimate of drug-likeness (QED) is 0.647. The molecule has 1 amide bonds. The number of hydrogen-bond donors (Lipinski definition) is 0. The monoisotopic (exact) mass is 386 g/mol. The minimum Gasteiger partial charge on any atom is -0.387 e. The predicted octanol–water partition coefficient (Wildman–Crippen LogP) is 1.09. The van der Waals surface area contributed by atoms with Gasteiger partial charge in [-0.3, -0.25) is 9.78 Å². The van der Waals surface area contributed by atoms with Crippen LogP contribution in [-0.4, -0.2) is 56.7 Å². The lowest BCUT2D eigenvalue weighted by atomic mass is 10.2. The van der Waals surface area contributed by atoms with Crippen LogP contribution in [0.1, 0.15) is 6.42 Å². The smallest absolute Gasteiger partial charge is 0.387 e. The van der Waals surface area contributed by atoms with Crippen LogP contribution in [0.25, 0.3) is 10.8 Å². The van der Waals surface area contributed by atoms with Gasteiger partial charge in [0, 0.05) is 45.0 Å². The highest BCUT2D eigenvalue weighted by Gasteiger charge is 2.22. The number of piperazine rings is 1. The van der Waals surface area contributed by atoms with Crippen molar-refractivity contribution in [1.82, 2.24) is 24.6 Å². The molecule has 4 rings (SSSR count). The lowest BCUT2D eigenvalue weighted by Crippen LogP contribution is -2.49. The van der Waals surface area contributed by atoms with Crippen LogP contribution in [0.3, 0.4) is 0 Å². The molecular weight excluding hydrogens is 368 g/mol. The van der Waals surface area contributed by atoms with E-state index in [0.29, 0.717) is 32.1 Å². The molecule has 0 N–H and O–H groups in total. The second-order valence-corrected chi connectivity index (χ2v) is 7.00. The van der Waals surface area contributed by atoms with Gasteiger partial charge in [0.2, 0.25) is 5.91 Å². The third kappa shape index (κ3) is 3.90. The van der Waals surface area contributed by atoms with Crippen molar-refractivity contribution in [3.05, 3.63) is 46.7 Å². The zero-order chi connectivity index (χ0) is 18.6. The second kappa shape index (κ2) is 7.70. The van der Waals surface area contributed by atoms with Gasteiger partial charge in [-0.1, -0.05) is 6.07 Å². The van der Waals surface area contributed by atoms with Crippen molar-refractivity contribution in [3.8, 4) is 10.8 Å². The molecule has 4 heterocycles. The Morgan fingerprint density at radius 1 is 1.22 bits per heavy atom. The highest BCUT2D eigenvalue weighted by molar-refractivity contribution is 7.13. The van der Waals surface area contributed by atoms with Crippen LogP contribution in [0.5, 0.6) is 0 Å². The highest BCUT2D eigenvalue weighted by Crippen LogP contribution is 2.21. The summed E-state index contributed by atoms with van der Waals surface area (Å²) in [7, 11) is 0. The second-order valence-electron chi connectivity index (χ2n) is 6.06. The largest absolute Gasteiger partial charge is 0.437 e. The Bertz CT molecular complexity index is 945. The summed E-state index contributed by atoms with van der Waals surface area (Å²) in [5.41, 5.74) is 0. The van der Waals surface area contributed by atoms with Crippen molar-refractivity contribution in [3.63, 3.8) is 0 Å². The van der Waals surface area contributed by atoms with Crippen molar-refractivity contribution < 1.29 is 9.21 Å². The number of hydrogen-bond acceptors (Lipinski definition) is 8. The fraction of sp³-hybridized carbons (Fsp3) is 0.353. The molecule has 0 saturated carbocycles. The number of carbonyl (C=O) groups is 1. The van der Waals surface area contributed by atoms with Gasteiger partial charge >= 0.3 is 5.76 Å². The van der Waals surface area contributed by atoms with E-state index in [2.05, 4.69) is 20.0 Å². The van der Waals surface area contributed by atoms with E-state index in [-0.39, 0.29) is 18.9 Å². The van der Waals surface area contributed by atoms with E-state index >= 15 is 0 Å². The Labute approximate surface area is 158 Å². The predicted molar refractivity (Wildman–Crippen MR) is 99.5 cm³/mol. The molecule has 3 aromatic rings. The number of carbonyl (C=O) groups excluding carboxylic acids is 1. The molecule has 1 saturated heterocycles. The Morgan fingerprint density at radius 3 is 2.78 bits per heavy atom. The Morgan fingerprint density at radius 2 is 2.07 bits per heavy atom. The van der Waals surface area contributed by atoms with E-state index in [1.807, 2.05) is 17.5 Å². The number of aryl methyl sites for hydroxylation is 1. The third-order valence-corrected chi connectivity index (χ3v) is 5.24. The van der Waals surface area contributed by atoms with Crippen molar-refractivity contribution >= 4 is 23.1 Å². The first-order chi connectivity index (χ1) is 13.2. The van der Waals surface area contributed by atoms with Gasteiger partial charge in [0.15, 0.2) is 0 Å². The summed E-state index contributed by atoms with van der Waals surface area (Å²) in [4.78, 5) is 37.4. The maximum atomic E-state index is 12.5. The van der Waals surface area contributed by atoms with E-state index in [4.69, 9.17) is 4.42 Å². The van der Waals surface area contributed by atoms with E-state index in [0.717, 1.165) is 10.7 Å². The maximum Gasteiger partial charge on any atom is 0.437 e. The number of anilines is 1. The Hall–Kier alpha value is -3.01. The molecule has 1 aliphatic heterocycles. The molecule has 0 radical (unpaired) electrons. The van der Waals surface area contributed by atoms with E-state index in [9.17, 15) is 9.59 Å².